The molecule has 0 radical (unpaired) electrons. The molecular formula is C54H38N4. The van der Waals surface area contributed by atoms with Crippen LogP contribution in [0.1, 0.15) is 0 Å². The molecule has 0 N–H and O–H groups in total. The lowest BCUT2D eigenvalue weighted by Gasteiger charge is -2.26. The maximum atomic E-state index is 2.45. The number of rotatable bonds is 8. The minimum Gasteiger partial charge on any atom is -0.310 e. The zero-order valence-corrected chi connectivity index (χ0v) is 31.7. The number of fused-ring (bicyclic) bond motifs is 6. The van der Waals surface area contributed by atoms with E-state index in [0.717, 1.165) is 56.5 Å². The number of benzene rings is 9. The quantitative estimate of drug-likeness (QED) is 0.154. The van der Waals surface area contributed by atoms with Crippen molar-refractivity contribution in [2.24, 2.45) is 0 Å². The van der Waals surface area contributed by atoms with Crippen molar-refractivity contribution in [3.8, 4) is 11.4 Å². The summed E-state index contributed by atoms with van der Waals surface area (Å²) >= 11 is 0. The third kappa shape index (κ3) is 5.62. The number of nitrogens with zero attached hydrogens (tertiary/aromatic N) is 4. The first-order chi connectivity index (χ1) is 28.8. The molecule has 0 unspecified atom stereocenters. The summed E-state index contributed by atoms with van der Waals surface area (Å²) in [4.78, 5) is 4.68. The molecule has 9 aromatic carbocycles. The van der Waals surface area contributed by atoms with Crippen molar-refractivity contribution in [1.29, 1.82) is 0 Å². The van der Waals surface area contributed by atoms with Crippen molar-refractivity contribution in [1.82, 2.24) is 9.13 Å². The molecule has 58 heavy (non-hydrogen) atoms. The van der Waals surface area contributed by atoms with Gasteiger partial charge in [0.2, 0.25) is 0 Å². The highest BCUT2D eigenvalue weighted by Gasteiger charge is 2.21. The lowest BCUT2D eigenvalue weighted by Crippen LogP contribution is -2.10. The lowest BCUT2D eigenvalue weighted by molar-refractivity contribution is 1.16. The maximum Gasteiger partial charge on any atom is 0.0562 e. The Balaban J connectivity index is 1.21. The van der Waals surface area contributed by atoms with Crippen molar-refractivity contribution >= 4 is 77.7 Å². The fourth-order valence-corrected chi connectivity index (χ4v) is 8.72. The Morgan fingerprint density at radius 3 is 1.19 bits per heavy atom. The van der Waals surface area contributed by atoms with Crippen LogP contribution in [0, 0.1) is 0 Å². The van der Waals surface area contributed by atoms with Gasteiger partial charge in [-0.15, -0.1) is 0 Å². The zero-order valence-electron chi connectivity index (χ0n) is 31.7. The molecule has 11 rings (SSSR count). The molecule has 4 heteroatoms. The van der Waals surface area contributed by atoms with Gasteiger partial charge in [-0.05, 0) is 115 Å². The fourth-order valence-electron chi connectivity index (χ4n) is 8.72. The molecule has 274 valence electrons. The number of para-hydroxylation sites is 6. The van der Waals surface area contributed by atoms with E-state index in [2.05, 4.69) is 249 Å². The lowest BCUT2D eigenvalue weighted by atomic mass is 10.1. The Morgan fingerprint density at radius 1 is 0.224 bits per heavy atom. The van der Waals surface area contributed by atoms with Crippen LogP contribution in [0.15, 0.2) is 231 Å². The van der Waals surface area contributed by atoms with Gasteiger partial charge in [0.05, 0.1) is 22.1 Å². The molecule has 11 aromatic rings. The molecule has 0 spiro atoms. The highest BCUT2D eigenvalue weighted by Crippen LogP contribution is 2.44. The van der Waals surface area contributed by atoms with E-state index in [1.165, 1.54) is 32.6 Å². The Hall–Kier alpha value is -7.82. The minimum absolute atomic E-state index is 1.08. The molecule has 0 aliphatic carbocycles. The van der Waals surface area contributed by atoms with Crippen LogP contribution in [0.5, 0.6) is 0 Å². The SMILES string of the molecule is c1ccc(N(c2ccccc2)c2cccc(-n3c4ccc(N(c5ccccc5)c5ccccc5)cc4c4cc5c6ccccc6n(-c6ccccc6)c5cc43)c2)cc1. The van der Waals surface area contributed by atoms with E-state index in [1.807, 2.05) is 0 Å². The molecule has 0 bridgehead atoms. The molecule has 4 nitrogen and oxygen atoms in total. The Labute approximate surface area is 337 Å². The monoisotopic (exact) mass is 742 g/mol. The van der Waals surface area contributed by atoms with Crippen LogP contribution >= 0.6 is 0 Å². The van der Waals surface area contributed by atoms with Gasteiger partial charge in [-0.2, -0.15) is 0 Å². The van der Waals surface area contributed by atoms with Crippen LogP contribution < -0.4 is 9.80 Å². The van der Waals surface area contributed by atoms with Crippen molar-refractivity contribution in [2.45, 2.75) is 0 Å². The van der Waals surface area contributed by atoms with Gasteiger partial charge in [-0.1, -0.05) is 115 Å². The first-order valence-electron chi connectivity index (χ1n) is 19.8. The predicted molar refractivity (Wildman–Crippen MR) is 244 cm³/mol. The van der Waals surface area contributed by atoms with E-state index in [4.69, 9.17) is 0 Å². The molecule has 2 aromatic heterocycles. The molecule has 0 amide bonds. The summed E-state index contributed by atoms with van der Waals surface area (Å²) in [6.07, 6.45) is 0. The highest BCUT2D eigenvalue weighted by molar-refractivity contribution is 6.19. The van der Waals surface area contributed by atoms with Crippen molar-refractivity contribution in [3.05, 3.63) is 231 Å². The van der Waals surface area contributed by atoms with Gasteiger partial charge in [0.25, 0.3) is 0 Å². The second-order valence-electron chi connectivity index (χ2n) is 14.6. The Kier molecular flexibility index (Phi) is 8.11. The van der Waals surface area contributed by atoms with E-state index >= 15 is 0 Å². The van der Waals surface area contributed by atoms with Gasteiger partial charge < -0.3 is 18.9 Å². The molecule has 0 saturated heterocycles. The van der Waals surface area contributed by atoms with Crippen LogP contribution in [-0.4, -0.2) is 9.13 Å². The van der Waals surface area contributed by atoms with Crippen LogP contribution in [0.4, 0.5) is 34.1 Å². The van der Waals surface area contributed by atoms with Gasteiger partial charge in [0, 0.05) is 67.0 Å². The summed E-state index contributed by atoms with van der Waals surface area (Å²) < 4.78 is 4.86. The van der Waals surface area contributed by atoms with E-state index in [9.17, 15) is 0 Å². The van der Waals surface area contributed by atoms with Crippen molar-refractivity contribution < 1.29 is 0 Å². The standard InChI is InChI=1S/C54H38N4/c1-6-19-39(20-7-1)55(40-21-8-2-9-22-40)44-29-18-30-45(35-44)58-52-34-33-46(56(41-23-10-3-11-24-41)42-25-12-4-13-26-42)36-48(52)50-37-49-47-31-16-17-32-51(47)57(53(49)38-54(50)58)43-27-14-5-15-28-43/h1-38H. The molecule has 0 saturated carbocycles. The average molecular weight is 743 g/mol. The van der Waals surface area contributed by atoms with Crippen LogP contribution in [0.25, 0.3) is 55.0 Å². The molecule has 0 aliphatic rings. The summed E-state index contributed by atoms with van der Waals surface area (Å²) in [7, 11) is 0. The molecular weight excluding hydrogens is 705 g/mol. The minimum atomic E-state index is 1.08. The maximum absolute atomic E-state index is 2.45. The van der Waals surface area contributed by atoms with E-state index in [0.29, 0.717) is 0 Å². The van der Waals surface area contributed by atoms with Crippen molar-refractivity contribution in [3.63, 3.8) is 0 Å². The molecule has 0 aliphatic heterocycles. The fraction of sp³-hybridized carbons (Fsp3) is 0. The number of hydrogen-bond acceptors (Lipinski definition) is 2. The largest absolute Gasteiger partial charge is 0.310 e. The molecule has 2 heterocycles. The second kappa shape index (κ2) is 14.0. The Morgan fingerprint density at radius 2 is 0.621 bits per heavy atom. The number of anilines is 6. The predicted octanol–water partition coefficient (Wildman–Crippen LogP) is 14.8. The summed E-state index contributed by atoms with van der Waals surface area (Å²) in [6.45, 7) is 0. The smallest absolute Gasteiger partial charge is 0.0562 e. The first kappa shape index (κ1) is 33.5. The summed E-state index contributed by atoms with van der Waals surface area (Å²) in [5, 5.41) is 4.86. The normalized spacial score (nSPS) is 11.4. The summed E-state index contributed by atoms with van der Waals surface area (Å²) in [5.74, 6) is 0. The van der Waals surface area contributed by atoms with E-state index in [-0.39, 0.29) is 0 Å². The molecule has 0 atom stereocenters. The average Bonchev–Trinajstić information content (AvgIpc) is 3.79. The number of hydrogen-bond donors (Lipinski definition) is 0. The third-order valence-electron chi connectivity index (χ3n) is 11.2. The second-order valence-corrected chi connectivity index (χ2v) is 14.6. The van der Waals surface area contributed by atoms with Crippen LogP contribution in [0.2, 0.25) is 0 Å². The highest BCUT2D eigenvalue weighted by atomic mass is 15.2. The van der Waals surface area contributed by atoms with Crippen LogP contribution in [-0.2, 0) is 0 Å². The third-order valence-corrected chi connectivity index (χ3v) is 11.2. The van der Waals surface area contributed by atoms with Gasteiger partial charge >= 0.3 is 0 Å². The van der Waals surface area contributed by atoms with E-state index < -0.39 is 0 Å². The zero-order chi connectivity index (χ0) is 38.4. The van der Waals surface area contributed by atoms with Gasteiger partial charge in [0.1, 0.15) is 0 Å². The van der Waals surface area contributed by atoms with Crippen LogP contribution in [0.3, 0.4) is 0 Å². The first-order valence-corrected chi connectivity index (χ1v) is 19.8. The topological polar surface area (TPSA) is 16.3 Å². The number of aromatic nitrogens is 2. The Bertz CT molecular complexity index is 3130. The van der Waals surface area contributed by atoms with Gasteiger partial charge in [-0.25, -0.2) is 0 Å². The van der Waals surface area contributed by atoms with Crippen molar-refractivity contribution in [2.75, 3.05) is 9.80 Å². The van der Waals surface area contributed by atoms with Gasteiger partial charge in [0.15, 0.2) is 0 Å². The molecule has 0 fully saturated rings. The van der Waals surface area contributed by atoms with Gasteiger partial charge in [-0.3, -0.25) is 0 Å². The summed E-state index contributed by atoms with van der Waals surface area (Å²) in [6, 6.07) is 82.8. The van der Waals surface area contributed by atoms with E-state index in [1.54, 1.807) is 0 Å². The summed E-state index contributed by atoms with van der Waals surface area (Å²) in [5.41, 5.74) is 13.5.